The van der Waals surface area contributed by atoms with E-state index in [9.17, 15) is 0 Å². The summed E-state index contributed by atoms with van der Waals surface area (Å²) in [5.74, 6) is 0.969. The first-order chi connectivity index (χ1) is 8.11. The molecule has 1 fully saturated rings. The standard InChI is InChI=1S/C14H22N2O/c1-10-5-6-14(17-4)13(7-10)16-9-11(2)15-8-12(16)3/h5-7,11-12,15H,8-9H2,1-4H3. The molecule has 0 aliphatic carbocycles. The first-order valence-corrected chi connectivity index (χ1v) is 6.26. The molecular weight excluding hydrogens is 212 g/mol. The molecule has 0 saturated carbocycles. The lowest BCUT2D eigenvalue weighted by Crippen LogP contribution is -2.54. The molecule has 1 aliphatic rings. The lowest BCUT2D eigenvalue weighted by Gasteiger charge is -2.39. The van der Waals surface area contributed by atoms with Crippen molar-refractivity contribution in [3.8, 4) is 5.75 Å². The molecular formula is C14H22N2O. The van der Waals surface area contributed by atoms with Crippen LogP contribution in [-0.4, -0.2) is 32.3 Å². The zero-order valence-electron chi connectivity index (χ0n) is 11.2. The average molecular weight is 234 g/mol. The smallest absolute Gasteiger partial charge is 0.142 e. The number of hydrogen-bond acceptors (Lipinski definition) is 3. The summed E-state index contributed by atoms with van der Waals surface area (Å²) in [4.78, 5) is 2.44. The number of nitrogens with one attached hydrogen (secondary N) is 1. The predicted molar refractivity (Wildman–Crippen MR) is 72.0 cm³/mol. The van der Waals surface area contributed by atoms with E-state index >= 15 is 0 Å². The lowest BCUT2D eigenvalue weighted by atomic mass is 10.1. The first kappa shape index (κ1) is 12.2. The van der Waals surface area contributed by atoms with E-state index in [0.29, 0.717) is 12.1 Å². The van der Waals surface area contributed by atoms with Gasteiger partial charge in [0.15, 0.2) is 0 Å². The first-order valence-electron chi connectivity index (χ1n) is 6.26. The second-order valence-corrected chi connectivity index (χ2v) is 4.99. The zero-order valence-corrected chi connectivity index (χ0v) is 11.2. The summed E-state index contributed by atoms with van der Waals surface area (Å²) in [6.45, 7) is 8.65. The van der Waals surface area contributed by atoms with E-state index in [2.05, 4.69) is 49.2 Å². The summed E-state index contributed by atoms with van der Waals surface area (Å²) in [5.41, 5.74) is 2.49. The maximum Gasteiger partial charge on any atom is 0.142 e. The highest BCUT2D eigenvalue weighted by molar-refractivity contribution is 5.61. The molecule has 1 aromatic rings. The third kappa shape index (κ3) is 2.55. The van der Waals surface area contributed by atoms with Crippen LogP contribution in [0.25, 0.3) is 0 Å². The molecule has 0 bridgehead atoms. The maximum atomic E-state index is 5.48. The molecule has 1 aliphatic heterocycles. The van der Waals surface area contributed by atoms with Gasteiger partial charge in [0.2, 0.25) is 0 Å². The summed E-state index contributed by atoms with van der Waals surface area (Å²) >= 11 is 0. The third-order valence-electron chi connectivity index (χ3n) is 3.41. The molecule has 1 saturated heterocycles. The Bertz CT molecular complexity index is 392. The third-order valence-corrected chi connectivity index (χ3v) is 3.41. The zero-order chi connectivity index (χ0) is 12.4. The van der Waals surface area contributed by atoms with Crippen molar-refractivity contribution in [3.63, 3.8) is 0 Å². The Labute approximate surface area is 104 Å². The minimum atomic E-state index is 0.502. The lowest BCUT2D eigenvalue weighted by molar-refractivity contribution is 0.396. The van der Waals surface area contributed by atoms with Crippen LogP contribution in [0.15, 0.2) is 18.2 Å². The van der Waals surface area contributed by atoms with Gasteiger partial charge in [0, 0.05) is 25.2 Å². The van der Waals surface area contributed by atoms with Crippen LogP contribution >= 0.6 is 0 Å². The van der Waals surface area contributed by atoms with E-state index < -0.39 is 0 Å². The van der Waals surface area contributed by atoms with Crippen LogP contribution in [0.1, 0.15) is 19.4 Å². The number of aryl methyl sites for hydroxylation is 1. The summed E-state index contributed by atoms with van der Waals surface area (Å²) in [5, 5.41) is 3.50. The van der Waals surface area contributed by atoms with E-state index in [1.165, 1.54) is 11.3 Å². The van der Waals surface area contributed by atoms with Crippen molar-refractivity contribution >= 4 is 5.69 Å². The summed E-state index contributed by atoms with van der Waals surface area (Å²) < 4.78 is 5.48. The molecule has 0 amide bonds. The van der Waals surface area contributed by atoms with E-state index in [0.717, 1.165) is 18.8 Å². The van der Waals surface area contributed by atoms with Gasteiger partial charge in [0.1, 0.15) is 5.75 Å². The molecule has 0 aromatic heterocycles. The van der Waals surface area contributed by atoms with E-state index in [1.54, 1.807) is 7.11 Å². The molecule has 94 valence electrons. The Kier molecular flexibility index (Phi) is 3.57. The van der Waals surface area contributed by atoms with Gasteiger partial charge < -0.3 is 15.0 Å². The minimum absolute atomic E-state index is 0.502. The van der Waals surface area contributed by atoms with Crippen molar-refractivity contribution in [1.82, 2.24) is 5.32 Å². The molecule has 2 atom stereocenters. The Morgan fingerprint density at radius 2 is 2.12 bits per heavy atom. The van der Waals surface area contributed by atoms with Gasteiger partial charge in [-0.1, -0.05) is 6.07 Å². The SMILES string of the molecule is COc1ccc(C)cc1N1CC(C)NCC1C. The van der Waals surface area contributed by atoms with Crippen molar-refractivity contribution in [2.24, 2.45) is 0 Å². The van der Waals surface area contributed by atoms with Crippen LogP contribution in [0, 0.1) is 6.92 Å². The number of anilines is 1. The Morgan fingerprint density at radius 1 is 1.35 bits per heavy atom. The van der Waals surface area contributed by atoms with Crippen molar-refractivity contribution in [1.29, 1.82) is 0 Å². The Hall–Kier alpha value is -1.22. The molecule has 1 N–H and O–H groups in total. The molecule has 1 heterocycles. The summed E-state index contributed by atoms with van der Waals surface area (Å²) in [6, 6.07) is 7.40. The van der Waals surface area contributed by atoms with Crippen molar-refractivity contribution in [3.05, 3.63) is 23.8 Å². The van der Waals surface area contributed by atoms with Crippen LogP contribution in [0.3, 0.4) is 0 Å². The van der Waals surface area contributed by atoms with Crippen LogP contribution in [0.5, 0.6) is 5.75 Å². The average Bonchev–Trinajstić information content (AvgIpc) is 2.32. The number of methoxy groups -OCH3 is 1. The fourth-order valence-corrected chi connectivity index (χ4v) is 2.38. The van der Waals surface area contributed by atoms with E-state index in [4.69, 9.17) is 4.74 Å². The quantitative estimate of drug-likeness (QED) is 0.849. The Morgan fingerprint density at radius 3 is 2.82 bits per heavy atom. The number of nitrogens with zero attached hydrogens (tertiary/aromatic N) is 1. The van der Waals surface area contributed by atoms with Crippen molar-refractivity contribution in [2.45, 2.75) is 32.9 Å². The van der Waals surface area contributed by atoms with Gasteiger partial charge in [-0.15, -0.1) is 0 Å². The van der Waals surface area contributed by atoms with E-state index in [-0.39, 0.29) is 0 Å². The fourth-order valence-electron chi connectivity index (χ4n) is 2.38. The minimum Gasteiger partial charge on any atom is -0.495 e. The van der Waals surface area contributed by atoms with Gasteiger partial charge in [0.25, 0.3) is 0 Å². The monoisotopic (exact) mass is 234 g/mol. The van der Waals surface area contributed by atoms with Crippen LogP contribution in [0.4, 0.5) is 5.69 Å². The fraction of sp³-hybridized carbons (Fsp3) is 0.571. The molecule has 17 heavy (non-hydrogen) atoms. The van der Waals surface area contributed by atoms with Gasteiger partial charge in [-0.2, -0.15) is 0 Å². The second-order valence-electron chi connectivity index (χ2n) is 4.99. The van der Waals surface area contributed by atoms with Gasteiger partial charge in [-0.25, -0.2) is 0 Å². The van der Waals surface area contributed by atoms with Gasteiger partial charge in [0.05, 0.1) is 12.8 Å². The highest BCUT2D eigenvalue weighted by atomic mass is 16.5. The number of benzene rings is 1. The molecule has 0 spiro atoms. The molecule has 3 heteroatoms. The second kappa shape index (κ2) is 4.96. The summed E-state index contributed by atoms with van der Waals surface area (Å²) in [6.07, 6.45) is 0. The van der Waals surface area contributed by atoms with E-state index in [1.807, 2.05) is 0 Å². The van der Waals surface area contributed by atoms with Gasteiger partial charge >= 0.3 is 0 Å². The predicted octanol–water partition coefficient (Wildman–Crippen LogP) is 2.19. The largest absolute Gasteiger partial charge is 0.495 e. The number of rotatable bonds is 2. The number of piperazine rings is 1. The van der Waals surface area contributed by atoms with Gasteiger partial charge in [-0.05, 0) is 38.5 Å². The van der Waals surface area contributed by atoms with Crippen LogP contribution in [0.2, 0.25) is 0 Å². The highest BCUT2D eigenvalue weighted by Gasteiger charge is 2.24. The number of ether oxygens (including phenoxy) is 1. The topological polar surface area (TPSA) is 24.5 Å². The molecule has 1 aromatic carbocycles. The molecule has 2 unspecified atom stereocenters. The summed E-state index contributed by atoms with van der Waals surface area (Å²) in [7, 11) is 1.74. The highest BCUT2D eigenvalue weighted by Crippen LogP contribution is 2.31. The Balaban J connectivity index is 2.33. The molecule has 3 nitrogen and oxygen atoms in total. The van der Waals surface area contributed by atoms with Crippen molar-refractivity contribution in [2.75, 3.05) is 25.1 Å². The van der Waals surface area contributed by atoms with Crippen LogP contribution < -0.4 is 15.0 Å². The van der Waals surface area contributed by atoms with Crippen LogP contribution in [-0.2, 0) is 0 Å². The molecule has 2 rings (SSSR count). The maximum absolute atomic E-state index is 5.48. The molecule has 0 radical (unpaired) electrons. The van der Waals surface area contributed by atoms with Gasteiger partial charge in [-0.3, -0.25) is 0 Å². The van der Waals surface area contributed by atoms with Crippen molar-refractivity contribution < 1.29 is 4.74 Å². The number of hydrogen-bond donors (Lipinski definition) is 1. The normalized spacial score (nSPS) is 24.8.